The minimum atomic E-state index is -0.332. The molecular formula is C17H30BNO2. The molecule has 0 saturated carbocycles. The van der Waals surface area contributed by atoms with Crippen LogP contribution in [0.5, 0.6) is 0 Å². The summed E-state index contributed by atoms with van der Waals surface area (Å²) in [6.45, 7) is 19.4. The third kappa shape index (κ3) is 4.57. The van der Waals surface area contributed by atoms with Crippen LogP contribution in [-0.2, 0) is 9.31 Å². The molecule has 0 aromatic carbocycles. The lowest BCUT2D eigenvalue weighted by atomic mass is 9.77. The summed E-state index contributed by atoms with van der Waals surface area (Å²) in [7, 11) is -0.332. The molecule has 0 unspecified atom stereocenters. The molecule has 0 bridgehead atoms. The van der Waals surface area contributed by atoms with Crippen LogP contribution in [0.25, 0.3) is 0 Å². The molecule has 3 nitrogen and oxygen atoms in total. The van der Waals surface area contributed by atoms with Crippen molar-refractivity contribution in [1.82, 2.24) is 4.90 Å². The van der Waals surface area contributed by atoms with Crippen molar-refractivity contribution in [2.75, 3.05) is 19.6 Å². The van der Waals surface area contributed by atoms with Crippen LogP contribution in [0.2, 0.25) is 0 Å². The molecule has 21 heavy (non-hydrogen) atoms. The van der Waals surface area contributed by atoms with Gasteiger partial charge in [0.1, 0.15) is 0 Å². The van der Waals surface area contributed by atoms with Crippen molar-refractivity contribution >= 4 is 7.12 Å². The van der Waals surface area contributed by atoms with E-state index >= 15 is 0 Å². The van der Waals surface area contributed by atoms with Gasteiger partial charge in [0, 0.05) is 6.54 Å². The van der Waals surface area contributed by atoms with Crippen molar-refractivity contribution in [1.29, 1.82) is 0 Å². The molecule has 1 saturated heterocycles. The summed E-state index contributed by atoms with van der Waals surface area (Å²) < 4.78 is 12.2. The largest absolute Gasteiger partial charge is 0.494 e. The second kappa shape index (κ2) is 7.43. The molecule has 4 heteroatoms. The van der Waals surface area contributed by atoms with E-state index in [0.29, 0.717) is 0 Å². The summed E-state index contributed by atoms with van der Waals surface area (Å²) in [6, 6.07) is 0. The van der Waals surface area contributed by atoms with Crippen molar-refractivity contribution < 1.29 is 9.31 Å². The van der Waals surface area contributed by atoms with Gasteiger partial charge in [0.2, 0.25) is 0 Å². The molecule has 0 aromatic rings. The maximum absolute atomic E-state index is 6.09. The highest BCUT2D eigenvalue weighted by atomic mass is 16.7. The first kappa shape index (κ1) is 18.2. The predicted octanol–water partition coefficient (Wildman–Crippen LogP) is 3.63. The van der Waals surface area contributed by atoms with E-state index in [1.165, 1.54) is 0 Å². The van der Waals surface area contributed by atoms with E-state index < -0.39 is 0 Å². The highest BCUT2D eigenvalue weighted by molar-refractivity contribution is 6.55. The van der Waals surface area contributed by atoms with E-state index in [4.69, 9.17) is 9.31 Å². The zero-order valence-electron chi connectivity index (χ0n) is 14.5. The Hall–Kier alpha value is -0.835. The minimum absolute atomic E-state index is 0.315. The van der Waals surface area contributed by atoms with E-state index in [2.05, 4.69) is 65.2 Å². The van der Waals surface area contributed by atoms with Gasteiger partial charge >= 0.3 is 7.12 Å². The lowest BCUT2D eigenvalue weighted by Crippen LogP contribution is -2.41. The quantitative estimate of drug-likeness (QED) is 0.528. The fourth-order valence-electron chi connectivity index (χ4n) is 2.15. The van der Waals surface area contributed by atoms with Crippen LogP contribution in [0, 0.1) is 0 Å². The minimum Gasteiger partial charge on any atom is -0.399 e. The van der Waals surface area contributed by atoms with Gasteiger partial charge in [-0.25, -0.2) is 0 Å². The average molecular weight is 291 g/mol. The molecule has 1 aliphatic heterocycles. The Morgan fingerprint density at radius 2 is 1.62 bits per heavy atom. The lowest BCUT2D eigenvalue weighted by molar-refractivity contribution is 0.00578. The van der Waals surface area contributed by atoms with Crippen LogP contribution in [-0.4, -0.2) is 42.9 Å². The molecule has 0 radical (unpaired) electrons. The van der Waals surface area contributed by atoms with Crippen molar-refractivity contribution in [3.63, 3.8) is 0 Å². The molecule has 1 fully saturated rings. The van der Waals surface area contributed by atoms with Crippen molar-refractivity contribution in [3.8, 4) is 0 Å². The number of rotatable bonds is 7. The Labute approximate surface area is 130 Å². The Morgan fingerprint density at radius 1 is 1.10 bits per heavy atom. The van der Waals surface area contributed by atoms with Crippen molar-refractivity contribution in [2.24, 2.45) is 0 Å². The third-order valence-corrected chi connectivity index (χ3v) is 4.40. The fourth-order valence-corrected chi connectivity index (χ4v) is 2.15. The Balaban J connectivity index is 2.79. The Morgan fingerprint density at radius 3 is 2.05 bits per heavy atom. The zero-order chi connectivity index (χ0) is 16.1. The van der Waals surface area contributed by atoms with Gasteiger partial charge in [-0.15, -0.1) is 0 Å². The first-order valence-electron chi connectivity index (χ1n) is 7.84. The van der Waals surface area contributed by atoms with Crippen molar-refractivity contribution in [3.05, 3.63) is 36.4 Å². The maximum Gasteiger partial charge on any atom is 0.494 e. The zero-order valence-corrected chi connectivity index (χ0v) is 14.5. The molecule has 1 heterocycles. The van der Waals surface area contributed by atoms with E-state index in [0.717, 1.165) is 25.1 Å². The van der Waals surface area contributed by atoms with Crippen LogP contribution in [0.15, 0.2) is 36.4 Å². The summed E-state index contributed by atoms with van der Waals surface area (Å²) in [4.78, 5) is 2.35. The van der Waals surface area contributed by atoms with Gasteiger partial charge in [0.15, 0.2) is 0 Å². The first-order chi connectivity index (χ1) is 9.77. The monoisotopic (exact) mass is 291 g/mol. The van der Waals surface area contributed by atoms with Crippen molar-refractivity contribution in [2.45, 2.75) is 52.7 Å². The first-order valence-corrected chi connectivity index (χ1v) is 7.84. The lowest BCUT2D eigenvalue weighted by Gasteiger charge is -2.32. The number of hydrogen-bond acceptors (Lipinski definition) is 3. The predicted molar refractivity (Wildman–Crippen MR) is 91.3 cm³/mol. The van der Waals surface area contributed by atoms with Gasteiger partial charge in [-0.1, -0.05) is 44.7 Å². The SMILES string of the molecule is C=C/C=C(\C=C/CN(CC)CC)B1OC(C)(C)C(C)(C)O1. The van der Waals surface area contributed by atoms with Crippen LogP contribution in [0.3, 0.4) is 0 Å². The van der Waals surface area contributed by atoms with Gasteiger partial charge in [-0.2, -0.15) is 0 Å². The molecule has 0 atom stereocenters. The van der Waals surface area contributed by atoms with Gasteiger partial charge in [0.25, 0.3) is 0 Å². The molecule has 118 valence electrons. The highest BCUT2D eigenvalue weighted by Gasteiger charge is 2.51. The maximum atomic E-state index is 6.09. The normalized spacial score (nSPS) is 21.5. The second-order valence-electron chi connectivity index (χ2n) is 6.38. The van der Waals surface area contributed by atoms with Gasteiger partial charge < -0.3 is 14.2 Å². The number of allylic oxidation sites excluding steroid dienone is 4. The summed E-state index contributed by atoms with van der Waals surface area (Å²) in [5.74, 6) is 0. The number of nitrogens with zero attached hydrogens (tertiary/aromatic N) is 1. The molecule has 0 amide bonds. The number of hydrogen-bond donors (Lipinski definition) is 0. The van der Waals surface area contributed by atoms with E-state index in [1.807, 2.05) is 6.08 Å². The second-order valence-corrected chi connectivity index (χ2v) is 6.38. The Bertz CT molecular complexity index is 393. The summed E-state index contributed by atoms with van der Waals surface area (Å²) in [6.07, 6.45) is 7.98. The highest BCUT2D eigenvalue weighted by Crippen LogP contribution is 2.38. The van der Waals surface area contributed by atoms with E-state index in [9.17, 15) is 0 Å². The molecule has 1 rings (SSSR count). The van der Waals surface area contributed by atoms with Gasteiger partial charge in [0.05, 0.1) is 11.2 Å². The molecule has 1 aliphatic rings. The fraction of sp³-hybridized carbons (Fsp3) is 0.647. The van der Waals surface area contributed by atoms with Crippen LogP contribution < -0.4 is 0 Å². The summed E-state index contributed by atoms with van der Waals surface area (Å²) >= 11 is 0. The summed E-state index contributed by atoms with van der Waals surface area (Å²) in [5.41, 5.74) is 0.380. The molecular weight excluding hydrogens is 261 g/mol. The third-order valence-electron chi connectivity index (χ3n) is 4.40. The molecule has 0 N–H and O–H groups in total. The number of likely N-dealkylation sites (N-methyl/N-ethyl adjacent to an activating group) is 1. The van der Waals surface area contributed by atoms with Gasteiger partial charge in [-0.3, -0.25) is 0 Å². The van der Waals surface area contributed by atoms with Crippen LogP contribution in [0.4, 0.5) is 0 Å². The molecule has 0 aliphatic carbocycles. The topological polar surface area (TPSA) is 21.7 Å². The average Bonchev–Trinajstić information content (AvgIpc) is 2.62. The van der Waals surface area contributed by atoms with Gasteiger partial charge in [-0.05, 0) is 46.3 Å². The molecule has 0 aromatic heterocycles. The van der Waals surface area contributed by atoms with Crippen LogP contribution >= 0.6 is 0 Å². The van der Waals surface area contributed by atoms with E-state index in [1.54, 1.807) is 6.08 Å². The Kier molecular flexibility index (Phi) is 6.45. The smallest absolute Gasteiger partial charge is 0.399 e. The van der Waals surface area contributed by atoms with Crippen LogP contribution in [0.1, 0.15) is 41.5 Å². The standard InChI is InChI=1S/C17H30BNO2/c1-8-12-15(13-11-14-19(9-2)10-3)18-20-16(4,5)17(6,7)21-18/h8,11-13H,1,9-10,14H2,2-7H3/b13-11-,15-12+. The summed E-state index contributed by atoms with van der Waals surface area (Å²) in [5, 5.41) is 0. The molecule has 0 spiro atoms. The van der Waals surface area contributed by atoms with E-state index in [-0.39, 0.29) is 18.3 Å².